The maximum absolute atomic E-state index is 12.8. The van der Waals surface area contributed by atoms with Crippen molar-refractivity contribution >= 4 is 23.9 Å². The molecule has 5 amide bonds. The molecule has 9 heteroatoms. The molecule has 0 unspecified atom stereocenters. The van der Waals surface area contributed by atoms with Crippen LogP contribution in [-0.2, 0) is 14.3 Å². The van der Waals surface area contributed by atoms with Crippen LogP contribution >= 0.6 is 0 Å². The van der Waals surface area contributed by atoms with E-state index in [1.165, 1.54) is 0 Å². The third kappa shape index (κ3) is 4.82. The lowest BCUT2D eigenvalue weighted by molar-refractivity contribution is -0.139. The smallest absolute Gasteiger partial charge is 0.409 e. The third-order valence-electron chi connectivity index (χ3n) is 5.89. The van der Waals surface area contributed by atoms with E-state index in [0.29, 0.717) is 52.0 Å². The van der Waals surface area contributed by atoms with Gasteiger partial charge in [-0.1, -0.05) is 33.1 Å². The average molecular weight is 408 g/mol. The van der Waals surface area contributed by atoms with E-state index in [9.17, 15) is 19.2 Å². The molecular formula is C20H32N4O5. The Hall–Kier alpha value is -2.32. The maximum atomic E-state index is 12.8. The van der Waals surface area contributed by atoms with Crippen molar-refractivity contribution in [2.24, 2.45) is 5.92 Å². The van der Waals surface area contributed by atoms with Crippen LogP contribution in [0, 0.1) is 5.92 Å². The molecule has 3 fully saturated rings. The third-order valence-corrected chi connectivity index (χ3v) is 5.89. The molecule has 0 aromatic rings. The van der Waals surface area contributed by atoms with E-state index in [0.717, 1.165) is 24.2 Å². The standard InChI is InChI=1S/C20H32N4O5/c1-15(2)14-29-19(28)23-10-6-9-22(11-12-23)16(25)13-24-17(26)20(21-18(24)27)7-4-3-5-8-20/h15H,3-14H2,1-2H3,(H,21,27). The van der Waals surface area contributed by atoms with Crippen molar-refractivity contribution < 1.29 is 23.9 Å². The molecule has 1 spiro atoms. The quantitative estimate of drug-likeness (QED) is 0.712. The first-order chi connectivity index (χ1) is 13.8. The van der Waals surface area contributed by atoms with Gasteiger partial charge in [-0.05, 0) is 25.2 Å². The highest BCUT2D eigenvalue weighted by Crippen LogP contribution is 2.33. The van der Waals surface area contributed by atoms with Gasteiger partial charge in [-0.25, -0.2) is 9.59 Å². The van der Waals surface area contributed by atoms with Crippen molar-refractivity contribution in [1.82, 2.24) is 20.0 Å². The molecule has 0 atom stereocenters. The topological polar surface area (TPSA) is 99.3 Å². The van der Waals surface area contributed by atoms with Crippen LogP contribution < -0.4 is 5.32 Å². The van der Waals surface area contributed by atoms with Crippen molar-refractivity contribution in [3.8, 4) is 0 Å². The lowest BCUT2D eigenvalue weighted by Crippen LogP contribution is -2.49. The summed E-state index contributed by atoms with van der Waals surface area (Å²) in [5, 5.41) is 2.83. The summed E-state index contributed by atoms with van der Waals surface area (Å²) >= 11 is 0. The molecule has 162 valence electrons. The maximum Gasteiger partial charge on any atom is 0.409 e. The van der Waals surface area contributed by atoms with E-state index in [1.807, 2.05) is 13.8 Å². The Morgan fingerprint density at radius 2 is 1.66 bits per heavy atom. The van der Waals surface area contributed by atoms with Gasteiger partial charge in [-0.2, -0.15) is 0 Å². The van der Waals surface area contributed by atoms with Gasteiger partial charge in [0.15, 0.2) is 0 Å². The van der Waals surface area contributed by atoms with E-state index in [2.05, 4.69) is 5.32 Å². The Balaban J connectivity index is 1.54. The Labute approximate surface area is 171 Å². The molecule has 2 saturated heterocycles. The van der Waals surface area contributed by atoms with Gasteiger partial charge < -0.3 is 19.9 Å². The fraction of sp³-hybridized carbons (Fsp3) is 0.800. The number of imide groups is 1. The number of ether oxygens (including phenoxy) is 1. The number of rotatable bonds is 4. The Kier molecular flexibility index (Phi) is 6.64. The summed E-state index contributed by atoms with van der Waals surface area (Å²) in [5.41, 5.74) is -0.814. The van der Waals surface area contributed by atoms with Crippen LogP contribution in [0.3, 0.4) is 0 Å². The summed E-state index contributed by atoms with van der Waals surface area (Å²) in [6, 6.07) is -0.473. The fourth-order valence-electron chi connectivity index (χ4n) is 4.23. The zero-order chi connectivity index (χ0) is 21.0. The van der Waals surface area contributed by atoms with Gasteiger partial charge >= 0.3 is 12.1 Å². The normalized spacial score (nSPS) is 22.1. The molecule has 1 saturated carbocycles. The molecule has 2 aliphatic heterocycles. The first kappa shape index (κ1) is 21.4. The number of nitrogens with zero attached hydrogens (tertiary/aromatic N) is 3. The van der Waals surface area contributed by atoms with Crippen LogP contribution in [0.1, 0.15) is 52.4 Å². The molecular weight excluding hydrogens is 376 g/mol. The molecule has 0 aromatic heterocycles. The van der Waals surface area contributed by atoms with Gasteiger partial charge in [0.25, 0.3) is 5.91 Å². The summed E-state index contributed by atoms with van der Waals surface area (Å²) in [4.78, 5) is 54.5. The van der Waals surface area contributed by atoms with Crippen molar-refractivity contribution in [2.75, 3.05) is 39.3 Å². The summed E-state index contributed by atoms with van der Waals surface area (Å²) in [7, 11) is 0. The Morgan fingerprint density at radius 1 is 1.00 bits per heavy atom. The van der Waals surface area contributed by atoms with Crippen LogP contribution in [0.25, 0.3) is 0 Å². The van der Waals surface area contributed by atoms with E-state index < -0.39 is 11.6 Å². The SMILES string of the molecule is CC(C)COC(=O)N1CCCN(C(=O)CN2C(=O)NC3(CCCCC3)C2=O)CC1. The van der Waals surface area contributed by atoms with Gasteiger partial charge in [-0.3, -0.25) is 14.5 Å². The number of nitrogens with one attached hydrogen (secondary N) is 1. The monoisotopic (exact) mass is 408 g/mol. The highest BCUT2D eigenvalue weighted by molar-refractivity contribution is 6.09. The minimum absolute atomic E-state index is 0.246. The summed E-state index contributed by atoms with van der Waals surface area (Å²) in [6.07, 6.45) is 4.42. The van der Waals surface area contributed by atoms with Crippen molar-refractivity contribution in [1.29, 1.82) is 0 Å². The van der Waals surface area contributed by atoms with Crippen molar-refractivity contribution in [3.05, 3.63) is 0 Å². The highest BCUT2D eigenvalue weighted by atomic mass is 16.6. The number of carbonyl (C=O) groups is 4. The second-order valence-corrected chi connectivity index (χ2v) is 8.66. The number of urea groups is 1. The molecule has 0 radical (unpaired) electrons. The molecule has 3 aliphatic rings. The first-order valence-electron chi connectivity index (χ1n) is 10.7. The Morgan fingerprint density at radius 3 is 2.34 bits per heavy atom. The molecule has 3 rings (SSSR count). The predicted octanol–water partition coefficient (Wildman–Crippen LogP) is 1.57. The fourth-order valence-corrected chi connectivity index (χ4v) is 4.23. The second kappa shape index (κ2) is 9.00. The first-order valence-corrected chi connectivity index (χ1v) is 10.7. The zero-order valence-corrected chi connectivity index (χ0v) is 17.4. The van der Waals surface area contributed by atoms with E-state index in [4.69, 9.17) is 4.74 Å². The van der Waals surface area contributed by atoms with Crippen LogP contribution in [0.4, 0.5) is 9.59 Å². The average Bonchev–Trinajstić information content (AvgIpc) is 2.88. The van der Waals surface area contributed by atoms with E-state index >= 15 is 0 Å². The minimum atomic E-state index is -0.814. The van der Waals surface area contributed by atoms with Gasteiger partial charge in [0.1, 0.15) is 12.1 Å². The lowest BCUT2D eigenvalue weighted by atomic mass is 9.82. The second-order valence-electron chi connectivity index (χ2n) is 8.66. The van der Waals surface area contributed by atoms with Crippen molar-refractivity contribution in [2.45, 2.75) is 57.9 Å². The molecule has 1 aliphatic carbocycles. The number of hydrogen-bond donors (Lipinski definition) is 1. The summed E-state index contributed by atoms with van der Waals surface area (Å²) in [6.45, 7) is 5.83. The van der Waals surface area contributed by atoms with E-state index in [-0.39, 0.29) is 30.4 Å². The molecule has 2 heterocycles. The minimum Gasteiger partial charge on any atom is -0.449 e. The molecule has 29 heavy (non-hydrogen) atoms. The lowest BCUT2D eigenvalue weighted by Gasteiger charge is -2.30. The Bertz CT molecular complexity index is 659. The molecule has 0 aromatic carbocycles. The van der Waals surface area contributed by atoms with Crippen LogP contribution in [0.5, 0.6) is 0 Å². The van der Waals surface area contributed by atoms with Crippen LogP contribution in [0.2, 0.25) is 0 Å². The summed E-state index contributed by atoms with van der Waals surface area (Å²) < 4.78 is 5.27. The van der Waals surface area contributed by atoms with Crippen LogP contribution in [0.15, 0.2) is 0 Å². The molecule has 0 bridgehead atoms. The number of hydrogen-bond acceptors (Lipinski definition) is 5. The molecule has 1 N–H and O–H groups in total. The largest absolute Gasteiger partial charge is 0.449 e. The number of carbonyl (C=O) groups excluding carboxylic acids is 4. The van der Waals surface area contributed by atoms with Crippen LogP contribution in [-0.4, -0.2) is 83.5 Å². The van der Waals surface area contributed by atoms with E-state index in [1.54, 1.807) is 9.80 Å². The zero-order valence-electron chi connectivity index (χ0n) is 17.4. The van der Waals surface area contributed by atoms with Crippen molar-refractivity contribution in [3.63, 3.8) is 0 Å². The van der Waals surface area contributed by atoms with Gasteiger partial charge in [0, 0.05) is 26.2 Å². The van der Waals surface area contributed by atoms with Gasteiger partial charge in [-0.15, -0.1) is 0 Å². The molecule has 9 nitrogen and oxygen atoms in total. The highest BCUT2D eigenvalue weighted by Gasteiger charge is 2.51. The number of amides is 5. The van der Waals surface area contributed by atoms with Gasteiger partial charge in [0.05, 0.1) is 6.61 Å². The predicted molar refractivity (Wildman–Crippen MR) is 105 cm³/mol. The summed E-state index contributed by atoms with van der Waals surface area (Å²) in [5.74, 6) is -0.274. The van der Waals surface area contributed by atoms with Gasteiger partial charge in [0.2, 0.25) is 5.91 Å².